The predicted molar refractivity (Wildman–Crippen MR) is 66.3 cm³/mol. The number of H-pyrrole nitrogens is 2. The summed E-state index contributed by atoms with van der Waals surface area (Å²) in [5.74, 6) is 0.332. The second kappa shape index (κ2) is 5.86. The van der Waals surface area contributed by atoms with E-state index in [-0.39, 0.29) is 29.8 Å². The van der Waals surface area contributed by atoms with Gasteiger partial charge in [-0.2, -0.15) is 0 Å². The van der Waals surface area contributed by atoms with Crippen LogP contribution < -0.4 is 11.0 Å². The number of aromatic amines is 2. The molecule has 1 aromatic rings. The number of aliphatic hydroxyl groups is 1. The molecule has 1 aliphatic carbocycles. The molecule has 0 spiro atoms. The standard InChI is InChI=1S/C12H19N3O3/c16-7-9-4-2-1-3-8(9)5-13-11(17)10-6-14-12(18)15-10/h6,8-9,16H,1-5,7H2,(H,13,17)(H2,14,15,18). The minimum Gasteiger partial charge on any atom is -0.396 e. The molecule has 1 saturated carbocycles. The topological polar surface area (TPSA) is 98.0 Å². The van der Waals surface area contributed by atoms with Crippen molar-refractivity contribution in [1.29, 1.82) is 0 Å². The molecule has 2 rings (SSSR count). The van der Waals surface area contributed by atoms with Gasteiger partial charge in [-0.3, -0.25) is 4.79 Å². The number of carbonyl (C=O) groups is 1. The molecule has 1 aromatic heterocycles. The van der Waals surface area contributed by atoms with Gasteiger partial charge in [0.05, 0.1) is 0 Å². The highest BCUT2D eigenvalue weighted by atomic mass is 16.3. The molecule has 0 saturated heterocycles. The monoisotopic (exact) mass is 253 g/mol. The van der Waals surface area contributed by atoms with Gasteiger partial charge >= 0.3 is 5.69 Å². The molecule has 0 aromatic carbocycles. The highest BCUT2D eigenvalue weighted by Crippen LogP contribution is 2.29. The quantitative estimate of drug-likeness (QED) is 0.618. The average molecular weight is 253 g/mol. The van der Waals surface area contributed by atoms with Gasteiger partial charge in [-0.05, 0) is 24.7 Å². The van der Waals surface area contributed by atoms with Crippen molar-refractivity contribution in [2.45, 2.75) is 25.7 Å². The zero-order chi connectivity index (χ0) is 13.0. The van der Waals surface area contributed by atoms with Gasteiger partial charge in [0, 0.05) is 19.3 Å². The lowest BCUT2D eigenvalue weighted by atomic mass is 9.79. The third-order valence-electron chi connectivity index (χ3n) is 3.67. The van der Waals surface area contributed by atoms with Crippen LogP contribution in [0.1, 0.15) is 36.2 Å². The normalized spacial score (nSPS) is 23.8. The number of hydrogen-bond acceptors (Lipinski definition) is 3. The van der Waals surface area contributed by atoms with E-state index in [0.717, 1.165) is 25.7 Å². The van der Waals surface area contributed by atoms with Crippen LogP contribution >= 0.6 is 0 Å². The second-order valence-electron chi connectivity index (χ2n) is 4.85. The summed E-state index contributed by atoms with van der Waals surface area (Å²) in [6.07, 6.45) is 5.73. The van der Waals surface area contributed by atoms with Crippen LogP contribution in [0.5, 0.6) is 0 Å². The number of rotatable bonds is 4. The fourth-order valence-electron chi connectivity index (χ4n) is 2.57. The molecule has 18 heavy (non-hydrogen) atoms. The molecule has 2 atom stereocenters. The third kappa shape index (κ3) is 3.01. The SMILES string of the molecule is O=C(NCC1CCCCC1CO)c1c[nH]c(=O)[nH]1. The van der Waals surface area contributed by atoms with Crippen molar-refractivity contribution >= 4 is 5.91 Å². The number of nitrogens with one attached hydrogen (secondary N) is 3. The van der Waals surface area contributed by atoms with E-state index < -0.39 is 0 Å². The maximum Gasteiger partial charge on any atom is 0.323 e. The molecule has 1 heterocycles. The lowest BCUT2D eigenvalue weighted by Crippen LogP contribution is -2.35. The van der Waals surface area contributed by atoms with Crippen LogP contribution in [0.2, 0.25) is 0 Å². The Kier molecular flexibility index (Phi) is 4.19. The van der Waals surface area contributed by atoms with Crippen LogP contribution in [0.4, 0.5) is 0 Å². The molecule has 6 heteroatoms. The van der Waals surface area contributed by atoms with Crippen molar-refractivity contribution in [1.82, 2.24) is 15.3 Å². The average Bonchev–Trinajstić information content (AvgIpc) is 2.83. The summed E-state index contributed by atoms with van der Waals surface area (Å²) in [6.45, 7) is 0.735. The first-order valence-corrected chi connectivity index (χ1v) is 6.37. The second-order valence-corrected chi connectivity index (χ2v) is 4.85. The van der Waals surface area contributed by atoms with E-state index >= 15 is 0 Å². The van der Waals surface area contributed by atoms with Crippen LogP contribution in [0.15, 0.2) is 11.0 Å². The van der Waals surface area contributed by atoms with Gasteiger partial charge in [-0.25, -0.2) is 4.79 Å². The number of aromatic nitrogens is 2. The van der Waals surface area contributed by atoms with Gasteiger partial charge in [0.15, 0.2) is 0 Å². The molecule has 1 fully saturated rings. The zero-order valence-electron chi connectivity index (χ0n) is 10.2. The first kappa shape index (κ1) is 12.9. The maximum absolute atomic E-state index is 11.7. The largest absolute Gasteiger partial charge is 0.396 e. The molecule has 100 valence electrons. The predicted octanol–water partition coefficient (Wildman–Crippen LogP) is 0.231. The summed E-state index contributed by atoms with van der Waals surface area (Å²) in [5, 5.41) is 12.1. The molecule has 0 bridgehead atoms. The van der Waals surface area contributed by atoms with Crippen LogP contribution in [0, 0.1) is 11.8 Å². The Balaban J connectivity index is 1.86. The van der Waals surface area contributed by atoms with Crippen LogP contribution in [-0.2, 0) is 0 Å². The fraction of sp³-hybridized carbons (Fsp3) is 0.667. The highest BCUT2D eigenvalue weighted by molar-refractivity contribution is 5.91. The molecule has 2 unspecified atom stereocenters. The van der Waals surface area contributed by atoms with Crippen molar-refractivity contribution in [3.63, 3.8) is 0 Å². The molecule has 0 radical (unpaired) electrons. The van der Waals surface area contributed by atoms with Gasteiger partial charge in [0.25, 0.3) is 5.91 Å². The van der Waals surface area contributed by atoms with Crippen LogP contribution in [0.3, 0.4) is 0 Å². The summed E-state index contributed by atoms with van der Waals surface area (Å²) in [7, 11) is 0. The zero-order valence-corrected chi connectivity index (χ0v) is 10.2. The number of carbonyl (C=O) groups excluding carboxylic acids is 1. The van der Waals surface area contributed by atoms with E-state index in [1.807, 2.05) is 0 Å². The van der Waals surface area contributed by atoms with Crippen LogP contribution in [-0.4, -0.2) is 34.1 Å². The summed E-state index contributed by atoms with van der Waals surface area (Å²) in [6, 6.07) is 0. The Morgan fingerprint density at radius 3 is 2.72 bits per heavy atom. The number of amides is 1. The van der Waals surface area contributed by atoms with E-state index in [2.05, 4.69) is 15.3 Å². The van der Waals surface area contributed by atoms with Gasteiger partial charge in [0.2, 0.25) is 0 Å². The Morgan fingerprint density at radius 1 is 1.39 bits per heavy atom. The Bertz CT molecular complexity index is 451. The molecular weight excluding hydrogens is 234 g/mol. The van der Waals surface area contributed by atoms with Crippen molar-refractivity contribution in [3.8, 4) is 0 Å². The van der Waals surface area contributed by atoms with Gasteiger partial charge in [-0.1, -0.05) is 12.8 Å². The van der Waals surface area contributed by atoms with Crippen molar-refractivity contribution in [3.05, 3.63) is 22.4 Å². The van der Waals surface area contributed by atoms with Crippen LogP contribution in [0.25, 0.3) is 0 Å². The fourth-order valence-corrected chi connectivity index (χ4v) is 2.57. The van der Waals surface area contributed by atoms with Crippen molar-refractivity contribution in [2.24, 2.45) is 11.8 Å². The third-order valence-corrected chi connectivity index (χ3v) is 3.67. The Morgan fingerprint density at radius 2 is 2.11 bits per heavy atom. The molecule has 4 N–H and O–H groups in total. The maximum atomic E-state index is 11.7. The van der Waals surface area contributed by atoms with Gasteiger partial charge in [0.1, 0.15) is 5.69 Å². The first-order chi connectivity index (χ1) is 8.70. The van der Waals surface area contributed by atoms with E-state index in [0.29, 0.717) is 12.5 Å². The summed E-state index contributed by atoms with van der Waals surface area (Å²) in [4.78, 5) is 27.4. The highest BCUT2D eigenvalue weighted by Gasteiger charge is 2.24. The van der Waals surface area contributed by atoms with Crippen molar-refractivity contribution in [2.75, 3.05) is 13.2 Å². The van der Waals surface area contributed by atoms with E-state index in [1.54, 1.807) is 0 Å². The molecule has 1 aliphatic rings. The van der Waals surface area contributed by atoms with Gasteiger partial charge < -0.3 is 20.4 Å². The summed E-state index contributed by atoms with van der Waals surface area (Å²) in [5.41, 5.74) is -0.137. The van der Waals surface area contributed by atoms with Crippen molar-refractivity contribution < 1.29 is 9.90 Å². The number of hydrogen-bond donors (Lipinski definition) is 4. The number of aliphatic hydroxyl groups excluding tert-OH is 1. The minimum atomic E-state index is -0.383. The summed E-state index contributed by atoms with van der Waals surface area (Å²) >= 11 is 0. The van der Waals surface area contributed by atoms with Gasteiger partial charge in [-0.15, -0.1) is 0 Å². The van der Waals surface area contributed by atoms with E-state index in [1.165, 1.54) is 6.20 Å². The first-order valence-electron chi connectivity index (χ1n) is 6.37. The Hall–Kier alpha value is -1.56. The number of imidazole rings is 1. The Labute approximate surface area is 105 Å². The van der Waals surface area contributed by atoms with E-state index in [4.69, 9.17) is 0 Å². The molecule has 6 nitrogen and oxygen atoms in total. The lowest BCUT2D eigenvalue weighted by molar-refractivity contribution is 0.0905. The minimum absolute atomic E-state index is 0.182. The smallest absolute Gasteiger partial charge is 0.323 e. The molecule has 0 aliphatic heterocycles. The molecule has 1 amide bonds. The molecular formula is C12H19N3O3. The summed E-state index contributed by atoms with van der Waals surface area (Å²) < 4.78 is 0. The van der Waals surface area contributed by atoms with E-state index in [9.17, 15) is 14.7 Å². The lowest BCUT2D eigenvalue weighted by Gasteiger charge is -2.30.